The van der Waals surface area contributed by atoms with Gasteiger partial charge in [0, 0.05) is 10.9 Å². The lowest BCUT2D eigenvalue weighted by Gasteiger charge is -2.23. The van der Waals surface area contributed by atoms with Gasteiger partial charge >= 0.3 is 0 Å². The van der Waals surface area contributed by atoms with Crippen LogP contribution in [0.3, 0.4) is 0 Å². The van der Waals surface area contributed by atoms with Crippen molar-refractivity contribution < 1.29 is 0 Å². The number of hydrogen-bond donors (Lipinski definition) is 1. The molecule has 1 fully saturated rings. The molecule has 0 aromatic heterocycles. The average Bonchev–Trinajstić information content (AvgIpc) is 3.24. The van der Waals surface area contributed by atoms with Crippen LogP contribution in [0.1, 0.15) is 39.0 Å². The van der Waals surface area contributed by atoms with Gasteiger partial charge in [-0.1, -0.05) is 23.7 Å². The third kappa shape index (κ3) is 5.01. The Bertz CT molecular complexity index is 482. The molecule has 1 atom stereocenters. The summed E-state index contributed by atoms with van der Waals surface area (Å²) in [6.45, 7) is 2.02. The van der Waals surface area contributed by atoms with Crippen molar-refractivity contribution in [1.82, 2.24) is 5.32 Å². The molecule has 1 unspecified atom stereocenters. The summed E-state index contributed by atoms with van der Waals surface area (Å²) in [7, 11) is 0. The summed E-state index contributed by atoms with van der Waals surface area (Å²) in [5, 5.41) is 13.6. The Hall–Kier alpha value is -0.690. The summed E-state index contributed by atoms with van der Waals surface area (Å²) in [5.74, 6) is 1.05. The molecule has 2 nitrogen and oxygen atoms in total. The van der Waals surface area contributed by atoms with Crippen LogP contribution in [-0.4, -0.2) is 17.3 Å². The molecule has 0 radical (unpaired) electrons. The van der Waals surface area contributed by atoms with Crippen LogP contribution in [0.2, 0.25) is 5.02 Å². The van der Waals surface area contributed by atoms with Gasteiger partial charge < -0.3 is 0 Å². The highest BCUT2D eigenvalue weighted by atomic mass is 35.5. The highest BCUT2D eigenvalue weighted by Gasteiger charge is 2.31. The van der Waals surface area contributed by atoms with E-state index in [-0.39, 0.29) is 5.54 Å². The second kappa shape index (κ2) is 7.36. The van der Waals surface area contributed by atoms with Crippen LogP contribution >= 0.6 is 23.4 Å². The second-order valence-corrected chi connectivity index (χ2v) is 7.14. The molecule has 0 aliphatic heterocycles. The number of nitriles is 1. The molecule has 2 rings (SSSR count). The van der Waals surface area contributed by atoms with E-state index in [0.29, 0.717) is 6.04 Å². The van der Waals surface area contributed by atoms with E-state index < -0.39 is 0 Å². The number of halogens is 1. The molecule has 1 aliphatic carbocycles. The van der Waals surface area contributed by atoms with Crippen LogP contribution in [0.15, 0.2) is 29.2 Å². The Kier molecular flexibility index (Phi) is 5.77. The van der Waals surface area contributed by atoms with Crippen molar-refractivity contribution in [2.75, 3.05) is 5.75 Å². The quantitative estimate of drug-likeness (QED) is 0.561. The minimum atomic E-state index is -0.351. The summed E-state index contributed by atoms with van der Waals surface area (Å²) >= 11 is 7.92. The van der Waals surface area contributed by atoms with E-state index in [9.17, 15) is 5.26 Å². The van der Waals surface area contributed by atoms with Gasteiger partial charge in [0.1, 0.15) is 5.54 Å². The van der Waals surface area contributed by atoms with Crippen molar-refractivity contribution in [3.8, 4) is 6.07 Å². The Morgan fingerprint density at radius 3 is 2.80 bits per heavy atom. The molecule has 20 heavy (non-hydrogen) atoms. The molecule has 0 heterocycles. The van der Waals surface area contributed by atoms with Crippen LogP contribution < -0.4 is 5.32 Å². The minimum absolute atomic E-state index is 0.351. The third-order valence-corrected chi connectivity index (χ3v) is 5.11. The largest absolute Gasteiger partial charge is 0.297 e. The number of thioether (sulfide) groups is 1. The molecular formula is C16H21ClN2S. The zero-order valence-electron chi connectivity index (χ0n) is 11.9. The zero-order chi connectivity index (χ0) is 14.4. The first-order valence-corrected chi connectivity index (χ1v) is 8.56. The summed E-state index contributed by atoms with van der Waals surface area (Å²) in [5.41, 5.74) is -0.351. The summed E-state index contributed by atoms with van der Waals surface area (Å²) in [4.78, 5) is 1.15. The van der Waals surface area contributed by atoms with Gasteiger partial charge in [0.2, 0.25) is 0 Å². The Morgan fingerprint density at radius 2 is 2.15 bits per heavy atom. The van der Waals surface area contributed by atoms with Gasteiger partial charge in [-0.25, -0.2) is 0 Å². The molecule has 108 valence electrons. The van der Waals surface area contributed by atoms with Crippen LogP contribution in [-0.2, 0) is 0 Å². The first-order chi connectivity index (χ1) is 9.63. The smallest absolute Gasteiger partial charge is 0.104 e. The first kappa shape index (κ1) is 15.7. The topological polar surface area (TPSA) is 35.8 Å². The molecule has 1 aromatic rings. The van der Waals surface area contributed by atoms with Crippen LogP contribution in [0, 0.1) is 11.3 Å². The molecule has 4 heteroatoms. The molecule has 0 spiro atoms. The molecular weight excluding hydrogens is 288 g/mol. The van der Waals surface area contributed by atoms with Crippen molar-refractivity contribution in [3.05, 3.63) is 29.3 Å². The molecule has 1 N–H and O–H groups in total. The van der Waals surface area contributed by atoms with Gasteiger partial charge in [0.05, 0.1) is 11.1 Å². The van der Waals surface area contributed by atoms with E-state index in [1.165, 1.54) is 12.8 Å². The lowest BCUT2D eigenvalue weighted by atomic mass is 9.96. The van der Waals surface area contributed by atoms with Gasteiger partial charge in [0.15, 0.2) is 0 Å². The zero-order valence-corrected chi connectivity index (χ0v) is 13.4. The second-order valence-electron chi connectivity index (χ2n) is 5.60. The maximum atomic E-state index is 9.30. The Morgan fingerprint density at radius 1 is 1.40 bits per heavy atom. The number of benzene rings is 1. The maximum absolute atomic E-state index is 9.30. The molecule has 1 aliphatic rings. The average molecular weight is 309 g/mol. The highest BCUT2D eigenvalue weighted by molar-refractivity contribution is 7.99. The van der Waals surface area contributed by atoms with Crippen LogP contribution in [0.4, 0.5) is 0 Å². The van der Waals surface area contributed by atoms with Gasteiger partial charge in [-0.2, -0.15) is 5.26 Å². The highest BCUT2D eigenvalue weighted by Crippen LogP contribution is 2.28. The lowest BCUT2D eigenvalue weighted by Crippen LogP contribution is -2.42. The van der Waals surface area contributed by atoms with Crippen LogP contribution in [0.25, 0.3) is 0 Å². The van der Waals surface area contributed by atoms with E-state index in [4.69, 9.17) is 11.6 Å². The minimum Gasteiger partial charge on any atom is -0.297 e. The van der Waals surface area contributed by atoms with Crippen molar-refractivity contribution >= 4 is 23.4 Å². The van der Waals surface area contributed by atoms with Gasteiger partial charge in [-0.05, 0) is 56.9 Å². The fraction of sp³-hybridized carbons (Fsp3) is 0.562. The standard InChI is InChI=1S/C16H21ClN2S/c1-16(12-18,19-13-8-9-13)10-4-5-11-20-15-7-3-2-6-14(15)17/h2-3,6-7,13,19H,4-5,8-11H2,1H3. The summed E-state index contributed by atoms with van der Waals surface area (Å²) in [6.07, 6.45) is 5.54. The van der Waals surface area contributed by atoms with E-state index in [1.54, 1.807) is 11.8 Å². The van der Waals surface area contributed by atoms with Crippen LogP contribution in [0.5, 0.6) is 0 Å². The molecule has 0 bridgehead atoms. The van der Waals surface area contributed by atoms with Gasteiger partial charge in [-0.15, -0.1) is 11.8 Å². The number of nitrogens with zero attached hydrogens (tertiary/aromatic N) is 1. The maximum Gasteiger partial charge on any atom is 0.104 e. The number of unbranched alkanes of at least 4 members (excludes halogenated alkanes) is 1. The van der Waals surface area contributed by atoms with E-state index in [2.05, 4.69) is 17.5 Å². The van der Waals surface area contributed by atoms with Gasteiger partial charge in [-0.3, -0.25) is 5.32 Å². The monoisotopic (exact) mass is 308 g/mol. The van der Waals surface area contributed by atoms with Crippen molar-refractivity contribution in [2.24, 2.45) is 0 Å². The van der Waals surface area contributed by atoms with Crippen molar-refractivity contribution in [1.29, 1.82) is 5.26 Å². The molecule has 0 saturated heterocycles. The number of hydrogen-bond acceptors (Lipinski definition) is 3. The molecule has 0 amide bonds. The Balaban J connectivity index is 1.66. The normalized spacial score (nSPS) is 17.4. The van der Waals surface area contributed by atoms with E-state index in [0.717, 1.165) is 34.9 Å². The first-order valence-electron chi connectivity index (χ1n) is 7.19. The van der Waals surface area contributed by atoms with Crippen molar-refractivity contribution in [2.45, 2.75) is 55.5 Å². The lowest BCUT2D eigenvalue weighted by molar-refractivity contribution is 0.402. The van der Waals surface area contributed by atoms with Gasteiger partial charge in [0.25, 0.3) is 0 Å². The third-order valence-electron chi connectivity index (χ3n) is 3.51. The number of nitrogens with one attached hydrogen (secondary N) is 1. The summed E-state index contributed by atoms with van der Waals surface area (Å²) in [6, 6.07) is 11.0. The SMILES string of the molecule is CC(C#N)(CCCCSc1ccccc1Cl)NC1CC1. The number of rotatable bonds is 8. The summed E-state index contributed by atoms with van der Waals surface area (Å²) < 4.78 is 0. The predicted molar refractivity (Wildman–Crippen MR) is 86.2 cm³/mol. The fourth-order valence-corrected chi connectivity index (χ4v) is 3.41. The van der Waals surface area contributed by atoms with E-state index in [1.807, 2.05) is 25.1 Å². The van der Waals surface area contributed by atoms with E-state index >= 15 is 0 Å². The molecule has 1 saturated carbocycles. The molecule has 1 aromatic carbocycles. The predicted octanol–water partition coefficient (Wildman–Crippen LogP) is 4.64. The fourth-order valence-electron chi connectivity index (χ4n) is 2.16. The van der Waals surface area contributed by atoms with Crippen molar-refractivity contribution in [3.63, 3.8) is 0 Å². The Labute approximate surface area is 130 Å².